The Kier molecular flexibility index (Phi) is 4.85. The molecule has 0 fully saturated rings. The first kappa shape index (κ1) is 17.4. The van der Waals surface area contributed by atoms with Gasteiger partial charge in [0.1, 0.15) is 5.58 Å². The fraction of sp³-hybridized carbons (Fsp3) is 0.190. The Bertz CT molecular complexity index is 1050. The van der Waals surface area contributed by atoms with E-state index in [0.717, 1.165) is 5.56 Å². The molecule has 1 atom stereocenters. The van der Waals surface area contributed by atoms with Crippen molar-refractivity contribution in [3.05, 3.63) is 81.7 Å². The Morgan fingerprint density at radius 1 is 1.19 bits per heavy atom. The maximum atomic E-state index is 13.0. The Hall–Kier alpha value is -3.39. The smallest absolute Gasteiger partial charge is 0.290 e. The second-order valence-corrected chi connectivity index (χ2v) is 5.97. The first-order valence-electron chi connectivity index (χ1n) is 8.39. The van der Waals surface area contributed by atoms with Crippen LogP contribution >= 0.6 is 0 Å². The molecule has 0 aliphatic rings. The molecule has 1 amide bonds. The van der Waals surface area contributed by atoms with Gasteiger partial charge in [-0.2, -0.15) is 5.26 Å². The van der Waals surface area contributed by atoms with Gasteiger partial charge in [-0.15, -0.1) is 0 Å². The molecule has 1 unspecified atom stereocenters. The fourth-order valence-electron chi connectivity index (χ4n) is 2.96. The summed E-state index contributed by atoms with van der Waals surface area (Å²) in [4.78, 5) is 26.8. The molecular weight excluding hydrogens is 328 g/mol. The molecule has 0 bridgehead atoms. The molecule has 0 radical (unpaired) electrons. The monoisotopic (exact) mass is 346 g/mol. The number of carbonyl (C=O) groups excluding carboxylic acids is 1. The van der Waals surface area contributed by atoms with Crippen LogP contribution in [0.4, 0.5) is 0 Å². The summed E-state index contributed by atoms with van der Waals surface area (Å²) in [6.45, 7) is 4.23. The molecule has 130 valence electrons. The van der Waals surface area contributed by atoms with Gasteiger partial charge in [0.05, 0.1) is 23.1 Å². The quantitative estimate of drug-likeness (QED) is 0.718. The Balaban J connectivity index is 1.95. The maximum absolute atomic E-state index is 13.0. The molecule has 5 nitrogen and oxygen atoms in total. The highest BCUT2D eigenvalue weighted by atomic mass is 16.3. The fourth-order valence-corrected chi connectivity index (χ4v) is 2.96. The highest BCUT2D eigenvalue weighted by molar-refractivity contribution is 5.93. The summed E-state index contributed by atoms with van der Waals surface area (Å²) >= 11 is 0. The summed E-state index contributed by atoms with van der Waals surface area (Å²) in [7, 11) is 0. The number of nitrogens with zero attached hydrogens (tertiary/aromatic N) is 2. The highest BCUT2D eigenvalue weighted by Gasteiger charge is 2.24. The zero-order valence-corrected chi connectivity index (χ0v) is 14.6. The third kappa shape index (κ3) is 3.22. The van der Waals surface area contributed by atoms with Crippen molar-refractivity contribution in [2.75, 3.05) is 6.54 Å². The molecule has 2 aromatic carbocycles. The van der Waals surface area contributed by atoms with Crippen molar-refractivity contribution >= 4 is 16.9 Å². The summed E-state index contributed by atoms with van der Waals surface area (Å²) in [5.74, 6) is -0.316. The topological polar surface area (TPSA) is 74.3 Å². The molecule has 0 saturated carbocycles. The maximum Gasteiger partial charge on any atom is 0.290 e. The lowest BCUT2D eigenvalue weighted by atomic mass is 10.0. The summed E-state index contributed by atoms with van der Waals surface area (Å²) < 4.78 is 5.68. The van der Waals surface area contributed by atoms with E-state index in [9.17, 15) is 9.59 Å². The van der Waals surface area contributed by atoms with Gasteiger partial charge in [0.2, 0.25) is 0 Å². The number of amides is 1. The minimum Gasteiger partial charge on any atom is -0.451 e. The van der Waals surface area contributed by atoms with Crippen LogP contribution in [0.15, 0.2) is 63.8 Å². The van der Waals surface area contributed by atoms with Gasteiger partial charge in [0.15, 0.2) is 11.2 Å². The van der Waals surface area contributed by atoms with Crippen LogP contribution in [0.5, 0.6) is 0 Å². The molecule has 1 heterocycles. The van der Waals surface area contributed by atoms with Crippen LogP contribution in [0, 0.1) is 11.3 Å². The Labute approximate surface area is 151 Å². The normalized spacial score (nSPS) is 11.7. The number of fused-ring (bicyclic) bond motifs is 1. The van der Waals surface area contributed by atoms with Crippen LogP contribution in [0.25, 0.3) is 11.0 Å². The molecule has 1 aromatic heterocycles. The van der Waals surface area contributed by atoms with Crippen molar-refractivity contribution in [3.63, 3.8) is 0 Å². The first-order chi connectivity index (χ1) is 12.5. The van der Waals surface area contributed by atoms with E-state index in [1.807, 2.05) is 26.0 Å². The molecule has 0 spiro atoms. The molecule has 3 aromatic rings. The minimum atomic E-state index is -0.341. The van der Waals surface area contributed by atoms with Crippen molar-refractivity contribution in [1.29, 1.82) is 5.26 Å². The number of hydrogen-bond donors (Lipinski definition) is 0. The zero-order valence-electron chi connectivity index (χ0n) is 14.6. The van der Waals surface area contributed by atoms with Gasteiger partial charge in [-0.25, -0.2) is 0 Å². The average molecular weight is 346 g/mol. The molecule has 26 heavy (non-hydrogen) atoms. The van der Waals surface area contributed by atoms with Crippen LogP contribution in [0.2, 0.25) is 0 Å². The molecule has 3 rings (SSSR count). The van der Waals surface area contributed by atoms with Gasteiger partial charge in [-0.1, -0.05) is 24.3 Å². The summed E-state index contributed by atoms with van der Waals surface area (Å²) in [6.07, 6.45) is 0. The van der Waals surface area contributed by atoms with E-state index >= 15 is 0 Å². The number of benzene rings is 2. The lowest BCUT2D eigenvalue weighted by molar-refractivity contribution is 0.0670. The van der Waals surface area contributed by atoms with Gasteiger partial charge >= 0.3 is 0 Å². The van der Waals surface area contributed by atoms with Gasteiger partial charge < -0.3 is 9.32 Å². The summed E-state index contributed by atoms with van der Waals surface area (Å²) in [6, 6.07) is 17.1. The number of nitriles is 1. The Morgan fingerprint density at radius 3 is 2.54 bits per heavy atom. The van der Waals surface area contributed by atoms with Crippen LogP contribution in [-0.4, -0.2) is 17.4 Å². The number of hydrogen-bond acceptors (Lipinski definition) is 4. The zero-order chi connectivity index (χ0) is 18.7. The van der Waals surface area contributed by atoms with E-state index in [1.54, 1.807) is 41.3 Å². The molecule has 0 saturated heterocycles. The van der Waals surface area contributed by atoms with Crippen LogP contribution in [0.3, 0.4) is 0 Å². The van der Waals surface area contributed by atoms with E-state index in [4.69, 9.17) is 9.68 Å². The second-order valence-electron chi connectivity index (χ2n) is 5.97. The predicted molar refractivity (Wildman–Crippen MR) is 98.8 cm³/mol. The molecule has 0 aliphatic carbocycles. The van der Waals surface area contributed by atoms with E-state index in [0.29, 0.717) is 23.1 Å². The van der Waals surface area contributed by atoms with Gasteiger partial charge in [-0.3, -0.25) is 9.59 Å². The molecular formula is C21H18N2O3. The molecule has 0 N–H and O–H groups in total. The van der Waals surface area contributed by atoms with Gasteiger partial charge in [-0.05, 0) is 43.7 Å². The molecule has 5 heteroatoms. The highest BCUT2D eigenvalue weighted by Crippen LogP contribution is 2.23. The molecule has 0 aliphatic heterocycles. The number of para-hydroxylation sites is 1. The third-order valence-electron chi connectivity index (χ3n) is 4.44. The lowest BCUT2D eigenvalue weighted by Gasteiger charge is -2.28. The van der Waals surface area contributed by atoms with E-state index < -0.39 is 0 Å². The SMILES string of the molecule is CCN(C(=O)c1cc(=O)c2ccccc2o1)C(C)c1ccc(C#N)cc1. The van der Waals surface area contributed by atoms with Crippen molar-refractivity contribution in [1.82, 2.24) is 4.90 Å². The second kappa shape index (κ2) is 7.24. The van der Waals surface area contributed by atoms with Crippen molar-refractivity contribution in [2.24, 2.45) is 0 Å². The first-order valence-corrected chi connectivity index (χ1v) is 8.39. The number of carbonyl (C=O) groups is 1. The largest absolute Gasteiger partial charge is 0.451 e. The van der Waals surface area contributed by atoms with E-state index in [-0.39, 0.29) is 23.1 Å². The van der Waals surface area contributed by atoms with Crippen molar-refractivity contribution in [2.45, 2.75) is 19.9 Å². The van der Waals surface area contributed by atoms with Crippen molar-refractivity contribution in [3.8, 4) is 6.07 Å². The summed E-state index contributed by atoms with van der Waals surface area (Å²) in [5, 5.41) is 9.37. The van der Waals surface area contributed by atoms with Crippen LogP contribution in [-0.2, 0) is 0 Å². The van der Waals surface area contributed by atoms with Crippen molar-refractivity contribution < 1.29 is 9.21 Å². The van der Waals surface area contributed by atoms with Crippen LogP contribution < -0.4 is 5.43 Å². The predicted octanol–water partition coefficient (Wildman–Crippen LogP) is 3.89. The third-order valence-corrected chi connectivity index (χ3v) is 4.44. The van der Waals surface area contributed by atoms with Crippen LogP contribution in [0.1, 0.15) is 41.6 Å². The lowest BCUT2D eigenvalue weighted by Crippen LogP contribution is -2.33. The van der Waals surface area contributed by atoms with E-state index in [1.165, 1.54) is 6.07 Å². The minimum absolute atomic E-state index is 0.0241. The number of rotatable bonds is 4. The van der Waals surface area contributed by atoms with Gasteiger partial charge in [0, 0.05) is 12.6 Å². The Morgan fingerprint density at radius 2 is 1.88 bits per heavy atom. The average Bonchev–Trinajstić information content (AvgIpc) is 2.68. The van der Waals surface area contributed by atoms with E-state index in [2.05, 4.69) is 6.07 Å². The standard InChI is InChI=1S/C21H18N2O3/c1-3-23(14(2)16-10-8-15(13-22)9-11-16)21(25)20-12-18(24)17-6-4-5-7-19(17)26-20/h4-12,14H,3H2,1-2H3. The van der Waals surface area contributed by atoms with Gasteiger partial charge in [0.25, 0.3) is 5.91 Å². The summed E-state index contributed by atoms with van der Waals surface area (Å²) in [5.41, 5.74) is 1.63.